The predicted octanol–water partition coefficient (Wildman–Crippen LogP) is 6.37. The second-order valence-corrected chi connectivity index (χ2v) is 10.3. The van der Waals surface area contributed by atoms with Gasteiger partial charge in [-0.1, -0.05) is 63.6 Å². The van der Waals surface area contributed by atoms with E-state index in [0.29, 0.717) is 5.75 Å². The third-order valence-electron chi connectivity index (χ3n) is 3.04. The summed E-state index contributed by atoms with van der Waals surface area (Å²) in [6.45, 7) is 0.785. The number of halogens is 3. The van der Waals surface area contributed by atoms with Crippen LogP contribution in [0.25, 0.3) is 0 Å². The number of unbranched alkanes of at least 4 members (excludes halogenated alkanes) is 6. The topological polar surface area (TPSA) is 20.2 Å². The molecule has 0 unspecified atom stereocenters. The Kier molecular flexibility index (Phi) is 14.1. The predicted molar refractivity (Wildman–Crippen MR) is 93.1 cm³/mol. The average molecular weight is 355 g/mol. The molecule has 1 N–H and O–H groups in total. The third-order valence-corrected chi connectivity index (χ3v) is 3.04. The van der Waals surface area contributed by atoms with E-state index in [-0.39, 0.29) is 0 Å². The van der Waals surface area contributed by atoms with Crippen molar-refractivity contribution in [3.8, 4) is 5.75 Å². The lowest BCUT2D eigenvalue weighted by Gasteiger charge is -2.04. The largest absolute Gasteiger partial charge is 0.508 e. The molecule has 0 atom stereocenters. The van der Waals surface area contributed by atoms with Gasteiger partial charge in [0.15, 0.2) is 0 Å². The van der Waals surface area contributed by atoms with Crippen molar-refractivity contribution in [2.75, 3.05) is 0 Å². The zero-order chi connectivity index (χ0) is 15.2. The number of hydrogen-bond donors (Lipinski definition) is 1. The molecule has 1 aromatic rings. The highest BCUT2D eigenvalue weighted by molar-refractivity contribution is 7.54. The molecule has 0 aromatic heterocycles. The summed E-state index contributed by atoms with van der Waals surface area (Å²) < 4.78 is 0. The van der Waals surface area contributed by atoms with Crippen molar-refractivity contribution in [2.24, 2.45) is 0 Å². The second-order valence-electron chi connectivity index (χ2n) is 4.71. The second kappa shape index (κ2) is 14.1. The summed E-state index contributed by atoms with van der Waals surface area (Å²) in [5.74, 6) is 0.452. The van der Waals surface area contributed by atoms with Gasteiger partial charge in [0.1, 0.15) is 5.75 Å². The molecule has 1 radical (unpaired) electrons. The van der Waals surface area contributed by atoms with Crippen LogP contribution in [0.2, 0.25) is 0 Å². The fourth-order valence-corrected chi connectivity index (χ4v) is 1.99. The molecular formula is C15H24Cl3OSi. The van der Waals surface area contributed by atoms with Gasteiger partial charge in [-0.05, 0) is 24.5 Å². The van der Waals surface area contributed by atoms with Crippen LogP contribution in [0.4, 0.5) is 0 Å². The Morgan fingerprint density at radius 3 is 1.95 bits per heavy atom. The Morgan fingerprint density at radius 2 is 1.40 bits per heavy atom. The lowest BCUT2D eigenvalue weighted by molar-refractivity contribution is 0.466. The van der Waals surface area contributed by atoms with E-state index < -0.39 is 6.73 Å². The van der Waals surface area contributed by atoms with Crippen molar-refractivity contribution in [2.45, 2.75) is 58.3 Å². The first kappa shape index (κ1) is 20.1. The summed E-state index contributed by atoms with van der Waals surface area (Å²) in [7, 11) is 0. The molecule has 0 fully saturated rings. The molecule has 0 bridgehead atoms. The monoisotopic (exact) mass is 353 g/mol. The maximum absolute atomic E-state index is 9.58. The highest BCUT2D eigenvalue weighted by atomic mass is 35.8. The van der Waals surface area contributed by atoms with E-state index in [2.05, 4.69) is 6.92 Å². The molecule has 1 rings (SSSR count). The van der Waals surface area contributed by atoms with E-state index in [1.807, 2.05) is 18.2 Å². The number of para-hydroxylation sites is 1. The van der Waals surface area contributed by atoms with Crippen LogP contribution in [0.15, 0.2) is 24.3 Å². The van der Waals surface area contributed by atoms with Crippen molar-refractivity contribution in [1.29, 1.82) is 0 Å². The van der Waals surface area contributed by atoms with Crippen LogP contribution >= 0.6 is 33.2 Å². The van der Waals surface area contributed by atoms with Gasteiger partial charge in [0.05, 0.1) is 0 Å². The van der Waals surface area contributed by atoms with Gasteiger partial charge in [-0.2, -0.15) is 0 Å². The maximum atomic E-state index is 9.58. The number of aromatic hydroxyl groups is 1. The van der Waals surface area contributed by atoms with Gasteiger partial charge < -0.3 is 5.11 Å². The Hall–Kier alpha value is 0.107. The lowest BCUT2D eigenvalue weighted by Crippen LogP contribution is -1.87. The van der Waals surface area contributed by atoms with Crippen LogP contribution in [0.5, 0.6) is 5.75 Å². The molecule has 20 heavy (non-hydrogen) atoms. The van der Waals surface area contributed by atoms with E-state index in [1.165, 1.54) is 44.9 Å². The first-order chi connectivity index (χ1) is 9.57. The molecule has 0 amide bonds. The van der Waals surface area contributed by atoms with Crippen LogP contribution < -0.4 is 0 Å². The molecule has 0 aliphatic rings. The molecule has 0 saturated heterocycles. The van der Waals surface area contributed by atoms with Crippen molar-refractivity contribution < 1.29 is 5.11 Å². The minimum absolute atomic E-state index is 0.452. The molecule has 1 nitrogen and oxygen atoms in total. The molecule has 0 spiro atoms. The summed E-state index contributed by atoms with van der Waals surface area (Å²) in [6.07, 6.45) is 10.3. The van der Waals surface area contributed by atoms with E-state index in [4.69, 9.17) is 33.2 Å². The van der Waals surface area contributed by atoms with Gasteiger partial charge in [0, 0.05) is 0 Å². The van der Waals surface area contributed by atoms with Crippen molar-refractivity contribution >= 4 is 40.0 Å². The van der Waals surface area contributed by atoms with Crippen molar-refractivity contribution in [3.63, 3.8) is 0 Å². The summed E-state index contributed by atoms with van der Waals surface area (Å²) in [6, 6.07) is 7.67. The van der Waals surface area contributed by atoms with Gasteiger partial charge in [-0.15, -0.1) is 33.2 Å². The van der Waals surface area contributed by atoms with Crippen LogP contribution in [0, 0.1) is 0 Å². The molecule has 0 aliphatic heterocycles. The molecular weight excluding hydrogens is 331 g/mol. The zero-order valence-electron chi connectivity index (χ0n) is 12.0. The molecule has 0 saturated carbocycles. The van der Waals surface area contributed by atoms with E-state index >= 15 is 0 Å². The Labute approximate surface area is 139 Å². The van der Waals surface area contributed by atoms with E-state index in [9.17, 15) is 5.11 Å². The average Bonchev–Trinajstić information content (AvgIpc) is 2.39. The van der Waals surface area contributed by atoms with Gasteiger partial charge in [-0.3, -0.25) is 0 Å². The van der Waals surface area contributed by atoms with Gasteiger partial charge in [0.2, 0.25) is 0 Å². The third kappa shape index (κ3) is 13.1. The van der Waals surface area contributed by atoms with Gasteiger partial charge in [-0.25, -0.2) is 0 Å². The summed E-state index contributed by atoms with van der Waals surface area (Å²) in [5, 5.41) is 9.58. The highest BCUT2D eigenvalue weighted by Crippen LogP contribution is 2.18. The maximum Gasteiger partial charge on any atom is 0.376 e. The SMILES string of the molecule is CCCCCCCCCc1ccccc1O.Cl[Si](Cl)Cl. The number of phenols is 1. The van der Waals surface area contributed by atoms with Gasteiger partial charge in [0.25, 0.3) is 0 Å². The minimum Gasteiger partial charge on any atom is -0.508 e. The van der Waals surface area contributed by atoms with E-state index in [1.54, 1.807) is 6.07 Å². The first-order valence-electron chi connectivity index (χ1n) is 7.18. The number of benzene rings is 1. The van der Waals surface area contributed by atoms with Gasteiger partial charge >= 0.3 is 6.73 Å². The lowest BCUT2D eigenvalue weighted by atomic mass is 10.0. The number of hydrogen-bond acceptors (Lipinski definition) is 1. The first-order valence-corrected chi connectivity index (χ1v) is 11.7. The molecule has 1 aromatic carbocycles. The summed E-state index contributed by atoms with van der Waals surface area (Å²) >= 11 is 14.7. The number of rotatable bonds is 8. The smallest absolute Gasteiger partial charge is 0.376 e. The molecule has 0 heterocycles. The van der Waals surface area contributed by atoms with Crippen molar-refractivity contribution in [3.05, 3.63) is 29.8 Å². The summed E-state index contributed by atoms with van der Waals surface area (Å²) in [4.78, 5) is 0. The Morgan fingerprint density at radius 1 is 0.900 bits per heavy atom. The normalized spacial score (nSPS) is 10.2. The molecule has 115 valence electrons. The quantitative estimate of drug-likeness (QED) is 0.326. The standard InChI is InChI=1S/C15H24O.Cl3Si/c1-2-3-4-5-6-7-8-11-14-12-9-10-13-15(14)16;1-4(2)3/h9-10,12-13,16H,2-8,11H2,1H3;. The fourth-order valence-electron chi connectivity index (χ4n) is 1.99. The molecule has 0 aliphatic carbocycles. The van der Waals surface area contributed by atoms with Crippen molar-refractivity contribution in [1.82, 2.24) is 0 Å². The number of phenolic OH excluding ortho intramolecular Hbond substituents is 1. The molecule has 5 heteroatoms. The van der Waals surface area contributed by atoms with Crippen LogP contribution in [-0.2, 0) is 6.42 Å². The number of aryl methyl sites for hydroxylation is 1. The van der Waals surface area contributed by atoms with Crippen LogP contribution in [-0.4, -0.2) is 11.8 Å². The minimum atomic E-state index is -1.46. The fraction of sp³-hybridized carbons (Fsp3) is 0.600. The summed E-state index contributed by atoms with van der Waals surface area (Å²) in [5.41, 5.74) is 1.09. The Balaban J connectivity index is 0.000000796. The highest BCUT2D eigenvalue weighted by Gasteiger charge is 1.98. The van der Waals surface area contributed by atoms with Crippen LogP contribution in [0.1, 0.15) is 57.4 Å². The van der Waals surface area contributed by atoms with Crippen LogP contribution in [0.3, 0.4) is 0 Å². The van der Waals surface area contributed by atoms with E-state index in [0.717, 1.165) is 12.0 Å². The Bertz CT molecular complexity index is 332. The zero-order valence-corrected chi connectivity index (χ0v) is 15.3.